The lowest BCUT2D eigenvalue weighted by Crippen LogP contribution is -2.42. The van der Waals surface area contributed by atoms with Gasteiger partial charge < -0.3 is 9.64 Å². The van der Waals surface area contributed by atoms with Gasteiger partial charge in [-0.15, -0.1) is 0 Å². The van der Waals surface area contributed by atoms with Crippen molar-refractivity contribution in [1.29, 1.82) is 0 Å². The van der Waals surface area contributed by atoms with E-state index in [9.17, 15) is 18.0 Å². The lowest BCUT2D eigenvalue weighted by molar-refractivity contribution is -0.137. The summed E-state index contributed by atoms with van der Waals surface area (Å²) in [5, 5.41) is 0. The highest BCUT2D eigenvalue weighted by Gasteiger charge is 2.31. The molecule has 1 aromatic rings. The van der Waals surface area contributed by atoms with Crippen LogP contribution in [0.25, 0.3) is 0 Å². The summed E-state index contributed by atoms with van der Waals surface area (Å²) in [6, 6.07) is 5.65. The number of hydrogen-bond donors (Lipinski definition) is 0. The quantitative estimate of drug-likeness (QED) is 0.711. The zero-order chi connectivity index (χ0) is 20.4. The number of likely N-dealkylation sites (N-methyl/N-ethyl adjacent to an activating group) is 1. The van der Waals surface area contributed by atoms with Crippen LogP contribution >= 0.6 is 0 Å². The Labute approximate surface area is 161 Å². The molecule has 1 heterocycles. The van der Waals surface area contributed by atoms with Crippen LogP contribution in [-0.2, 0) is 19.6 Å². The Hall–Kier alpha value is -1.93. The molecule has 3 atom stereocenters. The number of carbonyl (C=O) groups excluding carboxylic acids is 2. The first-order chi connectivity index (χ1) is 12.5. The lowest BCUT2D eigenvalue weighted by atomic mass is 9.94. The van der Waals surface area contributed by atoms with Crippen molar-refractivity contribution < 1.29 is 22.7 Å². The minimum atomic E-state index is -3.60. The third kappa shape index (κ3) is 5.07. The van der Waals surface area contributed by atoms with Gasteiger partial charge in [-0.25, -0.2) is 13.2 Å². The van der Waals surface area contributed by atoms with E-state index in [0.29, 0.717) is 24.9 Å². The lowest BCUT2D eigenvalue weighted by Gasteiger charge is -2.34. The molecule has 0 spiro atoms. The number of ether oxygens (including phenoxy) is 1. The van der Waals surface area contributed by atoms with Crippen LogP contribution in [0.3, 0.4) is 0 Å². The molecule has 1 aliphatic rings. The maximum atomic E-state index is 12.9. The third-order valence-corrected chi connectivity index (χ3v) is 6.48. The van der Waals surface area contributed by atoms with Crippen LogP contribution in [0.4, 0.5) is 0 Å². The van der Waals surface area contributed by atoms with E-state index in [1.54, 1.807) is 14.1 Å². The topological polar surface area (TPSA) is 84.0 Å². The van der Waals surface area contributed by atoms with Gasteiger partial charge in [0, 0.05) is 27.2 Å². The van der Waals surface area contributed by atoms with E-state index in [1.807, 2.05) is 13.8 Å². The van der Waals surface area contributed by atoms with E-state index >= 15 is 0 Å². The summed E-state index contributed by atoms with van der Waals surface area (Å²) >= 11 is 0. The summed E-state index contributed by atoms with van der Waals surface area (Å²) in [6.45, 7) is 6.60. The first-order valence-electron chi connectivity index (χ1n) is 9.04. The summed E-state index contributed by atoms with van der Waals surface area (Å²) in [4.78, 5) is 25.5. The molecule has 0 bridgehead atoms. The number of nitrogens with zero attached hydrogens (tertiary/aromatic N) is 2. The van der Waals surface area contributed by atoms with Gasteiger partial charge in [0.05, 0.1) is 10.5 Å². The number of sulfonamides is 1. The average molecular weight is 397 g/mol. The summed E-state index contributed by atoms with van der Waals surface area (Å²) in [5.74, 6) is -0.361. The molecule has 150 valence electrons. The van der Waals surface area contributed by atoms with Gasteiger partial charge in [0.15, 0.2) is 6.10 Å². The minimum absolute atomic E-state index is 0.151. The predicted octanol–water partition coefficient (Wildman–Crippen LogP) is 1.99. The molecule has 0 aliphatic carbocycles. The van der Waals surface area contributed by atoms with Crippen molar-refractivity contribution in [1.82, 2.24) is 9.21 Å². The number of carbonyl (C=O) groups is 2. The van der Waals surface area contributed by atoms with Gasteiger partial charge in [-0.2, -0.15) is 4.31 Å². The highest BCUT2D eigenvalue weighted by atomic mass is 32.2. The summed E-state index contributed by atoms with van der Waals surface area (Å²) < 4.78 is 32.4. The van der Waals surface area contributed by atoms with Crippen LogP contribution in [0.5, 0.6) is 0 Å². The Morgan fingerprint density at radius 2 is 1.63 bits per heavy atom. The van der Waals surface area contributed by atoms with Crippen LogP contribution in [-0.4, -0.2) is 62.8 Å². The zero-order valence-corrected chi connectivity index (χ0v) is 17.3. The maximum Gasteiger partial charge on any atom is 0.338 e. The highest BCUT2D eigenvalue weighted by molar-refractivity contribution is 7.89. The number of amides is 1. The monoisotopic (exact) mass is 396 g/mol. The molecule has 0 aromatic heterocycles. The fraction of sp³-hybridized carbons (Fsp3) is 0.579. The van der Waals surface area contributed by atoms with Crippen molar-refractivity contribution >= 4 is 21.9 Å². The standard InChI is InChI=1S/C19H28N2O5S/c1-13-10-14(2)12-21(11-13)27(24,25)17-8-6-16(7-9-17)19(23)26-15(3)18(22)20(4)5/h6-9,13-15H,10-12H2,1-5H3/t13-,14-,15-/m0/s1. The Morgan fingerprint density at radius 3 is 2.11 bits per heavy atom. The molecular formula is C19H28N2O5S. The van der Waals surface area contributed by atoms with Gasteiger partial charge >= 0.3 is 5.97 Å². The van der Waals surface area contributed by atoms with Crippen molar-refractivity contribution in [3.8, 4) is 0 Å². The van der Waals surface area contributed by atoms with E-state index in [1.165, 1.54) is 40.4 Å². The van der Waals surface area contributed by atoms with Gasteiger partial charge in [-0.1, -0.05) is 13.8 Å². The molecule has 0 radical (unpaired) electrons. The maximum absolute atomic E-state index is 12.9. The molecule has 7 nitrogen and oxygen atoms in total. The Balaban J connectivity index is 2.12. The Kier molecular flexibility index (Phi) is 6.64. The number of esters is 1. The molecule has 1 aliphatic heterocycles. The molecule has 0 saturated carbocycles. The second-order valence-electron chi connectivity index (χ2n) is 7.57. The SMILES string of the molecule is C[C@H]1C[C@H](C)CN(S(=O)(=O)c2ccc(C(=O)O[C@@H](C)C(=O)N(C)C)cc2)C1. The summed E-state index contributed by atoms with van der Waals surface area (Å²) in [7, 11) is -0.442. The van der Waals surface area contributed by atoms with Gasteiger partial charge in [-0.05, 0) is 49.4 Å². The van der Waals surface area contributed by atoms with Crippen LogP contribution in [0.15, 0.2) is 29.2 Å². The number of benzene rings is 1. The first-order valence-corrected chi connectivity index (χ1v) is 10.5. The average Bonchev–Trinajstić information content (AvgIpc) is 2.60. The van der Waals surface area contributed by atoms with E-state index in [2.05, 4.69) is 0 Å². The first kappa shape index (κ1) is 21.4. The van der Waals surface area contributed by atoms with Crippen LogP contribution in [0.2, 0.25) is 0 Å². The number of piperidine rings is 1. The van der Waals surface area contributed by atoms with Crippen molar-refractivity contribution in [3.63, 3.8) is 0 Å². The second-order valence-corrected chi connectivity index (χ2v) is 9.51. The van der Waals surface area contributed by atoms with E-state index in [0.717, 1.165) is 6.42 Å². The van der Waals surface area contributed by atoms with Crippen LogP contribution < -0.4 is 0 Å². The smallest absolute Gasteiger partial charge is 0.338 e. The molecule has 1 saturated heterocycles. The number of rotatable bonds is 5. The fourth-order valence-electron chi connectivity index (χ4n) is 3.36. The Bertz CT molecular complexity index is 779. The molecule has 0 unspecified atom stereocenters. The zero-order valence-electron chi connectivity index (χ0n) is 16.5. The van der Waals surface area contributed by atoms with E-state index in [4.69, 9.17) is 4.74 Å². The van der Waals surface area contributed by atoms with Crippen molar-refractivity contribution in [2.45, 2.75) is 38.2 Å². The van der Waals surface area contributed by atoms with E-state index in [-0.39, 0.29) is 16.4 Å². The van der Waals surface area contributed by atoms with Gasteiger partial charge in [0.2, 0.25) is 10.0 Å². The second kappa shape index (κ2) is 8.39. The fourth-order valence-corrected chi connectivity index (χ4v) is 5.04. The van der Waals surface area contributed by atoms with E-state index < -0.39 is 22.1 Å². The highest BCUT2D eigenvalue weighted by Crippen LogP contribution is 2.26. The van der Waals surface area contributed by atoms with Crippen molar-refractivity contribution in [2.24, 2.45) is 11.8 Å². The third-order valence-electron chi connectivity index (χ3n) is 4.64. The van der Waals surface area contributed by atoms with Crippen molar-refractivity contribution in [3.05, 3.63) is 29.8 Å². The molecule has 1 amide bonds. The number of hydrogen-bond acceptors (Lipinski definition) is 5. The molecular weight excluding hydrogens is 368 g/mol. The molecule has 1 fully saturated rings. The van der Waals surface area contributed by atoms with Gasteiger partial charge in [-0.3, -0.25) is 4.79 Å². The normalized spacial score (nSPS) is 22.1. The van der Waals surface area contributed by atoms with Gasteiger partial charge in [0.25, 0.3) is 5.91 Å². The summed E-state index contributed by atoms with van der Waals surface area (Å²) in [5.41, 5.74) is 0.202. The van der Waals surface area contributed by atoms with Crippen LogP contribution in [0, 0.1) is 11.8 Å². The van der Waals surface area contributed by atoms with Crippen LogP contribution in [0.1, 0.15) is 37.6 Å². The molecule has 2 rings (SSSR count). The molecule has 27 heavy (non-hydrogen) atoms. The van der Waals surface area contributed by atoms with Gasteiger partial charge in [0.1, 0.15) is 0 Å². The molecule has 8 heteroatoms. The van der Waals surface area contributed by atoms with Crippen molar-refractivity contribution in [2.75, 3.05) is 27.2 Å². The minimum Gasteiger partial charge on any atom is -0.449 e. The molecule has 1 aromatic carbocycles. The molecule has 0 N–H and O–H groups in total. The Morgan fingerprint density at radius 1 is 1.11 bits per heavy atom. The predicted molar refractivity (Wildman–Crippen MR) is 102 cm³/mol. The largest absolute Gasteiger partial charge is 0.449 e. The summed E-state index contributed by atoms with van der Waals surface area (Å²) in [6.07, 6.45) is 0.105.